The van der Waals surface area contributed by atoms with Crippen LogP contribution in [-0.2, 0) is 14.8 Å². The van der Waals surface area contributed by atoms with Gasteiger partial charge in [-0.1, -0.05) is 29.8 Å². The number of nitrogens with zero attached hydrogens (tertiary/aromatic N) is 1. The molecule has 0 saturated heterocycles. The molecule has 1 saturated carbocycles. The number of halogens is 3. The van der Waals surface area contributed by atoms with Crippen LogP contribution in [0.4, 0.5) is 14.5 Å². The average molecular weight is 548 g/mol. The summed E-state index contributed by atoms with van der Waals surface area (Å²) < 4.78 is 63.2. The molecule has 0 spiro atoms. The van der Waals surface area contributed by atoms with Crippen LogP contribution in [0.25, 0.3) is 11.1 Å². The number of fused-ring (bicyclic) bond motifs is 1. The van der Waals surface area contributed by atoms with Crippen molar-refractivity contribution in [2.45, 2.75) is 37.2 Å². The lowest BCUT2D eigenvalue weighted by molar-refractivity contribution is -0.146. The number of aliphatic carboxylic acids is 1. The molecule has 6 nitrogen and oxygen atoms in total. The summed E-state index contributed by atoms with van der Waals surface area (Å²) >= 11 is 6.11. The minimum absolute atomic E-state index is 0.00616. The van der Waals surface area contributed by atoms with Crippen LogP contribution >= 0.6 is 11.6 Å². The zero-order chi connectivity index (χ0) is 26.5. The molecule has 1 aliphatic heterocycles. The number of rotatable bonds is 6. The Morgan fingerprint density at radius 1 is 1.14 bits per heavy atom. The van der Waals surface area contributed by atoms with E-state index in [9.17, 15) is 27.1 Å². The van der Waals surface area contributed by atoms with E-state index in [1.54, 1.807) is 37.3 Å². The number of carbonyl (C=O) groups is 1. The molecule has 37 heavy (non-hydrogen) atoms. The minimum atomic E-state index is -4.03. The topological polar surface area (TPSA) is 83.9 Å². The summed E-state index contributed by atoms with van der Waals surface area (Å²) in [6.45, 7) is 1.80. The van der Waals surface area contributed by atoms with Crippen molar-refractivity contribution in [2.75, 3.05) is 10.8 Å². The maximum atomic E-state index is 14.1. The van der Waals surface area contributed by atoms with E-state index in [2.05, 4.69) is 0 Å². The number of hydrogen-bond acceptors (Lipinski definition) is 4. The smallest absolute Gasteiger partial charge is 0.306 e. The van der Waals surface area contributed by atoms with Gasteiger partial charge in [0.15, 0.2) is 0 Å². The van der Waals surface area contributed by atoms with Gasteiger partial charge in [-0.3, -0.25) is 9.10 Å². The van der Waals surface area contributed by atoms with Gasteiger partial charge in [0.1, 0.15) is 23.5 Å². The quantitative estimate of drug-likeness (QED) is 0.380. The van der Waals surface area contributed by atoms with Crippen molar-refractivity contribution in [3.63, 3.8) is 0 Å². The molecule has 1 atom stereocenters. The van der Waals surface area contributed by atoms with Crippen molar-refractivity contribution >= 4 is 33.3 Å². The van der Waals surface area contributed by atoms with Crippen molar-refractivity contribution in [3.05, 3.63) is 76.8 Å². The Morgan fingerprint density at radius 2 is 1.89 bits per heavy atom. The first-order valence-electron chi connectivity index (χ1n) is 11.8. The van der Waals surface area contributed by atoms with Crippen LogP contribution in [0.15, 0.2) is 59.5 Å². The molecule has 2 aliphatic rings. The number of anilines is 1. The second-order valence-electron chi connectivity index (χ2n) is 9.63. The van der Waals surface area contributed by atoms with Crippen molar-refractivity contribution in [2.24, 2.45) is 11.8 Å². The summed E-state index contributed by atoms with van der Waals surface area (Å²) in [5.41, 5.74) is 1.42. The Kier molecular flexibility index (Phi) is 6.62. The highest BCUT2D eigenvalue weighted by Crippen LogP contribution is 2.44. The van der Waals surface area contributed by atoms with Crippen LogP contribution in [0.5, 0.6) is 5.75 Å². The molecule has 194 valence electrons. The van der Waals surface area contributed by atoms with Crippen molar-refractivity contribution < 1.29 is 31.8 Å². The third-order valence-corrected chi connectivity index (χ3v) is 9.11. The van der Waals surface area contributed by atoms with Crippen LogP contribution < -0.4 is 9.04 Å². The summed E-state index contributed by atoms with van der Waals surface area (Å²) in [4.78, 5) is 11.3. The molecule has 3 aromatic carbocycles. The van der Waals surface area contributed by atoms with Crippen LogP contribution in [0.3, 0.4) is 0 Å². The Balaban J connectivity index is 1.55. The second kappa shape index (κ2) is 9.61. The van der Waals surface area contributed by atoms with Gasteiger partial charge < -0.3 is 9.84 Å². The van der Waals surface area contributed by atoms with E-state index in [0.717, 1.165) is 11.6 Å². The second-order valence-corrected chi connectivity index (χ2v) is 11.9. The zero-order valence-electron chi connectivity index (χ0n) is 19.8. The van der Waals surface area contributed by atoms with Gasteiger partial charge in [-0.2, -0.15) is 0 Å². The summed E-state index contributed by atoms with van der Waals surface area (Å²) in [6, 6.07) is 13.0. The molecule has 0 amide bonds. The first kappa shape index (κ1) is 25.5. The Morgan fingerprint density at radius 3 is 2.59 bits per heavy atom. The molecule has 0 unspecified atom stereocenters. The first-order valence-corrected chi connectivity index (χ1v) is 13.6. The Labute approximate surface area is 218 Å². The van der Waals surface area contributed by atoms with E-state index < -0.39 is 33.7 Å². The highest BCUT2D eigenvalue weighted by Gasteiger charge is 2.40. The third-order valence-electron chi connectivity index (χ3n) is 6.95. The number of carboxylic acids is 1. The summed E-state index contributed by atoms with van der Waals surface area (Å²) in [5.74, 6) is -2.52. The molecule has 1 N–H and O–H groups in total. The van der Waals surface area contributed by atoms with E-state index >= 15 is 0 Å². The Hall–Kier alpha value is -3.17. The molecular formula is C27H24ClF2NO5S. The molecular weight excluding hydrogens is 524 g/mol. The van der Waals surface area contributed by atoms with Gasteiger partial charge in [-0.15, -0.1) is 0 Å². The number of benzene rings is 3. The highest BCUT2D eigenvalue weighted by molar-refractivity contribution is 7.92. The fraction of sp³-hybridized carbons (Fsp3) is 0.296. The summed E-state index contributed by atoms with van der Waals surface area (Å²) in [6.07, 6.45) is 1.06. The lowest BCUT2D eigenvalue weighted by atomic mass is 9.72. The fourth-order valence-electron chi connectivity index (χ4n) is 5.00. The average Bonchev–Trinajstić information content (AvgIpc) is 2.82. The van der Waals surface area contributed by atoms with Crippen molar-refractivity contribution in [1.82, 2.24) is 0 Å². The van der Waals surface area contributed by atoms with Crippen molar-refractivity contribution in [3.8, 4) is 16.9 Å². The zero-order valence-corrected chi connectivity index (χ0v) is 21.4. The minimum Gasteiger partial charge on any atom is -0.486 e. The molecule has 1 fully saturated rings. The molecule has 0 aromatic heterocycles. The van der Waals surface area contributed by atoms with E-state index in [1.807, 2.05) is 0 Å². The molecule has 1 heterocycles. The van der Waals surface area contributed by atoms with Gasteiger partial charge in [0.05, 0.1) is 28.1 Å². The van der Waals surface area contributed by atoms with Gasteiger partial charge in [0.2, 0.25) is 0 Å². The Bertz CT molecular complexity index is 1490. The predicted molar refractivity (Wildman–Crippen MR) is 135 cm³/mol. The van der Waals surface area contributed by atoms with Gasteiger partial charge in [-0.05, 0) is 73.6 Å². The number of carboxylic acid groups (broad SMARTS) is 1. The third kappa shape index (κ3) is 4.90. The van der Waals surface area contributed by atoms with Crippen LogP contribution in [0.1, 0.15) is 24.8 Å². The SMILES string of the molecule is Cc1cccc(S(=O)(=O)N2C[C@H](CC3CC(C(=O)O)C3)Oc3ccc(-c4cc(F)cc(F)c4Cl)cc32)c1. The summed E-state index contributed by atoms with van der Waals surface area (Å²) in [7, 11) is -4.03. The lowest BCUT2D eigenvalue weighted by Gasteiger charge is -2.40. The molecule has 5 rings (SSSR count). The fourth-order valence-corrected chi connectivity index (χ4v) is 6.82. The van der Waals surface area contributed by atoms with Crippen LogP contribution in [0, 0.1) is 30.4 Å². The maximum absolute atomic E-state index is 14.1. The van der Waals surface area contributed by atoms with Gasteiger partial charge in [0.25, 0.3) is 10.0 Å². The largest absolute Gasteiger partial charge is 0.486 e. The monoisotopic (exact) mass is 547 g/mol. The standard InChI is InChI=1S/C27H24ClF2NO5S/c1-15-3-2-4-21(7-15)37(34,35)31-14-20(10-16-8-18(9-16)27(32)33)36-25-6-5-17(11-24(25)31)22-12-19(29)13-23(30)26(22)28/h2-7,11-13,16,18,20H,8-10,14H2,1H3,(H,32,33)/t16?,18?,20-/m0/s1. The number of ether oxygens (including phenoxy) is 1. The normalized spacial score (nSPS) is 21.1. The summed E-state index contributed by atoms with van der Waals surface area (Å²) in [5, 5.41) is 8.91. The first-order chi connectivity index (χ1) is 17.5. The number of hydrogen-bond donors (Lipinski definition) is 1. The van der Waals surface area contributed by atoms with Crippen molar-refractivity contribution in [1.29, 1.82) is 0 Å². The van der Waals surface area contributed by atoms with Gasteiger partial charge in [0, 0.05) is 11.6 Å². The lowest BCUT2D eigenvalue weighted by Crippen LogP contribution is -2.45. The van der Waals surface area contributed by atoms with E-state index in [-0.39, 0.29) is 39.5 Å². The maximum Gasteiger partial charge on any atom is 0.306 e. The molecule has 10 heteroatoms. The number of aryl methyl sites for hydroxylation is 1. The van der Waals surface area contributed by atoms with Gasteiger partial charge in [-0.25, -0.2) is 17.2 Å². The van der Waals surface area contributed by atoms with E-state index in [1.165, 1.54) is 16.4 Å². The molecule has 3 aromatic rings. The van der Waals surface area contributed by atoms with Crippen LogP contribution in [-0.4, -0.2) is 32.1 Å². The molecule has 1 aliphatic carbocycles. The van der Waals surface area contributed by atoms with E-state index in [0.29, 0.717) is 36.6 Å². The highest BCUT2D eigenvalue weighted by atomic mass is 35.5. The molecule has 0 bridgehead atoms. The molecule has 0 radical (unpaired) electrons. The predicted octanol–water partition coefficient (Wildman–Crippen LogP) is 6.05. The van der Waals surface area contributed by atoms with Gasteiger partial charge >= 0.3 is 5.97 Å². The van der Waals surface area contributed by atoms with E-state index in [4.69, 9.17) is 16.3 Å². The number of sulfonamides is 1. The van der Waals surface area contributed by atoms with Crippen LogP contribution in [0.2, 0.25) is 5.02 Å².